The first-order chi connectivity index (χ1) is 9.73. The van der Waals surface area contributed by atoms with Crippen molar-refractivity contribution in [3.05, 3.63) is 27.2 Å². The first-order valence-electron chi connectivity index (χ1n) is 6.25. The number of nitrogens with two attached hydrogens (primary N) is 1. The highest BCUT2D eigenvalue weighted by Crippen LogP contribution is 2.35. The lowest BCUT2D eigenvalue weighted by Gasteiger charge is -2.34. The molecule has 2 N–H and O–H groups in total. The van der Waals surface area contributed by atoms with Crippen molar-refractivity contribution in [2.45, 2.75) is 24.0 Å². The molecule has 1 aromatic rings. The van der Waals surface area contributed by atoms with E-state index in [-0.39, 0.29) is 51.8 Å². The van der Waals surface area contributed by atoms with Crippen LogP contribution in [0.3, 0.4) is 0 Å². The highest BCUT2D eigenvalue weighted by molar-refractivity contribution is 7.89. The van der Waals surface area contributed by atoms with Gasteiger partial charge < -0.3 is 10.5 Å². The molecule has 0 amide bonds. The van der Waals surface area contributed by atoms with Crippen LogP contribution in [0.15, 0.2) is 17.0 Å². The minimum Gasteiger partial charge on any atom is -0.374 e. The lowest BCUT2D eigenvalue weighted by Crippen LogP contribution is -2.51. The number of ether oxygens (including phenoxy) is 1. The Hall–Kier alpha value is -0.0800. The average molecular weight is 374 g/mol. The Morgan fingerprint density at radius 1 is 1.33 bits per heavy atom. The summed E-state index contributed by atoms with van der Waals surface area (Å²) in [5.41, 5.74) is 5.77. The van der Waals surface area contributed by atoms with Gasteiger partial charge in [-0.25, -0.2) is 8.42 Å². The van der Waals surface area contributed by atoms with E-state index in [2.05, 4.69) is 0 Å². The normalized spacial score (nSPS) is 22.2. The number of sulfonamides is 1. The van der Waals surface area contributed by atoms with Crippen molar-refractivity contribution in [2.24, 2.45) is 5.73 Å². The SMILES string of the molecule is CC(N)C1CN(S(=O)(=O)c2c(Cl)cc(Cl)cc2Cl)CCO1. The third-order valence-corrected chi connectivity index (χ3v) is 6.21. The molecule has 0 aromatic heterocycles. The lowest BCUT2D eigenvalue weighted by molar-refractivity contribution is -0.0120. The fourth-order valence-electron chi connectivity index (χ4n) is 2.09. The van der Waals surface area contributed by atoms with Gasteiger partial charge in [0.15, 0.2) is 0 Å². The summed E-state index contributed by atoms with van der Waals surface area (Å²) < 4.78 is 32.2. The topological polar surface area (TPSA) is 72.6 Å². The zero-order valence-corrected chi connectivity index (χ0v) is 14.3. The molecule has 1 saturated heterocycles. The van der Waals surface area contributed by atoms with E-state index >= 15 is 0 Å². The van der Waals surface area contributed by atoms with Crippen LogP contribution < -0.4 is 5.73 Å². The summed E-state index contributed by atoms with van der Waals surface area (Å²) in [5, 5.41) is 0.270. The smallest absolute Gasteiger partial charge is 0.246 e. The van der Waals surface area contributed by atoms with Gasteiger partial charge in [0.2, 0.25) is 10.0 Å². The maximum Gasteiger partial charge on any atom is 0.246 e. The van der Waals surface area contributed by atoms with Gasteiger partial charge in [0.1, 0.15) is 4.90 Å². The molecule has 118 valence electrons. The third-order valence-electron chi connectivity index (χ3n) is 3.20. The van der Waals surface area contributed by atoms with Crippen LogP contribution in [0.2, 0.25) is 15.1 Å². The molecule has 2 rings (SSSR count). The summed E-state index contributed by atoms with van der Waals surface area (Å²) in [7, 11) is -3.83. The Morgan fingerprint density at radius 2 is 1.90 bits per heavy atom. The first-order valence-corrected chi connectivity index (χ1v) is 8.82. The fourth-order valence-corrected chi connectivity index (χ4v) is 5.02. The number of halogens is 3. The first kappa shape index (κ1) is 17.3. The van der Waals surface area contributed by atoms with Crippen LogP contribution in [0, 0.1) is 0 Å². The van der Waals surface area contributed by atoms with Crippen molar-refractivity contribution in [1.29, 1.82) is 0 Å². The molecular formula is C12H15Cl3N2O3S. The molecule has 1 heterocycles. The summed E-state index contributed by atoms with van der Waals surface area (Å²) >= 11 is 17.8. The molecule has 5 nitrogen and oxygen atoms in total. The van der Waals surface area contributed by atoms with Gasteiger partial charge in [-0.2, -0.15) is 4.31 Å². The molecule has 2 unspecified atom stereocenters. The molecule has 9 heteroatoms. The summed E-state index contributed by atoms with van der Waals surface area (Å²) in [5.74, 6) is 0. The number of morpholine rings is 1. The Balaban J connectivity index is 2.39. The highest BCUT2D eigenvalue weighted by atomic mass is 35.5. The molecule has 0 spiro atoms. The lowest BCUT2D eigenvalue weighted by atomic mass is 10.2. The molecule has 1 fully saturated rings. The fraction of sp³-hybridized carbons (Fsp3) is 0.500. The van der Waals surface area contributed by atoms with Crippen LogP contribution in [0.25, 0.3) is 0 Å². The third kappa shape index (κ3) is 3.64. The van der Waals surface area contributed by atoms with Crippen LogP contribution in [-0.4, -0.2) is 44.6 Å². The van der Waals surface area contributed by atoms with Crippen LogP contribution in [0.1, 0.15) is 6.92 Å². The molecule has 1 aliphatic rings. The maximum absolute atomic E-state index is 12.7. The minimum absolute atomic E-state index is 0.00339. The second-order valence-corrected chi connectivity index (χ2v) is 7.96. The van der Waals surface area contributed by atoms with Crippen LogP contribution >= 0.6 is 34.8 Å². The quantitative estimate of drug-likeness (QED) is 0.883. The Morgan fingerprint density at radius 3 is 2.43 bits per heavy atom. The standard InChI is InChI=1S/C12H15Cl3N2O3S/c1-7(16)11-6-17(2-3-20-11)21(18,19)12-9(14)4-8(13)5-10(12)15/h4-5,7,11H,2-3,6,16H2,1H3. The Kier molecular flexibility index (Phi) is 5.41. The van der Waals surface area contributed by atoms with E-state index in [1.165, 1.54) is 16.4 Å². The largest absolute Gasteiger partial charge is 0.374 e. The Bertz CT molecular complexity index is 614. The number of nitrogens with zero attached hydrogens (tertiary/aromatic N) is 1. The molecular weight excluding hydrogens is 359 g/mol. The van der Waals surface area contributed by atoms with E-state index in [1.807, 2.05) is 0 Å². The molecule has 0 saturated carbocycles. The van der Waals surface area contributed by atoms with E-state index in [0.717, 1.165) is 0 Å². The summed E-state index contributed by atoms with van der Waals surface area (Å²) in [6.07, 6.45) is -0.363. The molecule has 1 aliphatic heterocycles. The van der Waals surface area contributed by atoms with Crippen LogP contribution in [-0.2, 0) is 14.8 Å². The predicted octanol–water partition coefficient (Wildman–Crippen LogP) is 2.38. The molecule has 0 bridgehead atoms. The summed E-state index contributed by atoms with van der Waals surface area (Å²) in [4.78, 5) is -0.138. The number of hydrogen-bond donors (Lipinski definition) is 1. The van der Waals surface area contributed by atoms with Gasteiger partial charge in [-0.15, -0.1) is 0 Å². The van der Waals surface area contributed by atoms with Crippen molar-refractivity contribution >= 4 is 44.8 Å². The predicted molar refractivity (Wildman–Crippen MR) is 83.6 cm³/mol. The van der Waals surface area contributed by atoms with Crippen LogP contribution in [0.4, 0.5) is 0 Å². The zero-order chi connectivity index (χ0) is 15.8. The van der Waals surface area contributed by atoms with Gasteiger partial charge >= 0.3 is 0 Å². The second kappa shape index (κ2) is 6.58. The minimum atomic E-state index is -3.83. The van der Waals surface area contributed by atoms with E-state index in [0.29, 0.717) is 0 Å². The van der Waals surface area contributed by atoms with E-state index in [1.54, 1.807) is 6.92 Å². The van der Waals surface area contributed by atoms with Crippen molar-refractivity contribution in [1.82, 2.24) is 4.31 Å². The van der Waals surface area contributed by atoms with Gasteiger partial charge in [-0.3, -0.25) is 0 Å². The van der Waals surface area contributed by atoms with Gasteiger partial charge in [-0.05, 0) is 19.1 Å². The number of rotatable bonds is 3. The molecule has 1 aromatic carbocycles. The van der Waals surface area contributed by atoms with Gasteiger partial charge in [0, 0.05) is 24.2 Å². The van der Waals surface area contributed by atoms with Crippen molar-refractivity contribution in [2.75, 3.05) is 19.7 Å². The average Bonchev–Trinajstić information content (AvgIpc) is 2.37. The van der Waals surface area contributed by atoms with Gasteiger partial charge in [0.25, 0.3) is 0 Å². The van der Waals surface area contributed by atoms with Gasteiger partial charge in [-0.1, -0.05) is 34.8 Å². The van der Waals surface area contributed by atoms with E-state index in [4.69, 9.17) is 45.3 Å². The van der Waals surface area contributed by atoms with Crippen molar-refractivity contribution in [3.63, 3.8) is 0 Å². The van der Waals surface area contributed by atoms with E-state index in [9.17, 15) is 8.42 Å². The molecule has 2 atom stereocenters. The van der Waals surface area contributed by atoms with Crippen LogP contribution in [0.5, 0.6) is 0 Å². The molecule has 21 heavy (non-hydrogen) atoms. The van der Waals surface area contributed by atoms with Crippen molar-refractivity contribution < 1.29 is 13.2 Å². The van der Waals surface area contributed by atoms with Crippen molar-refractivity contribution in [3.8, 4) is 0 Å². The van der Waals surface area contributed by atoms with E-state index < -0.39 is 10.0 Å². The molecule has 0 radical (unpaired) electrons. The summed E-state index contributed by atoms with van der Waals surface area (Å²) in [6.45, 7) is 2.42. The number of benzene rings is 1. The Labute approximate surface area is 138 Å². The molecule has 0 aliphatic carbocycles. The highest BCUT2D eigenvalue weighted by Gasteiger charge is 2.34. The summed E-state index contributed by atoms with van der Waals surface area (Å²) in [6, 6.07) is 2.43. The monoisotopic (exact) mass is 372 g/mol. The number of hydrogen-bond acceptors (Lipinski definition) is 4. The second-order valence-electron chi connectivity index (χ2n) is 4.83. The van der Waals surface area contributed by atoms with Gasteiger partial charge in [0.05, 0.1) is 22.8 Å². The maximum atomic E-state index is 12.7. The zero-order valence-electron chi connectivity index (χ0n) is 11.2.